The van der Waals surface area contributed by atoms with E-state index in [0.717, 1.165) is 25.9 Å². The Balaban J connectivity index is 0.00000242. The maximum absolute atomic E-state index is 11.9. The van der Waals surface area contributed by atoms with Gasteiger partial charge >= 0.3 is 0 Å². The topological polar surface area (TPSA) is 101 Å². The molecule has 1 atom stereocenters. The lowest BCUT2D eigenvalue weighted by Gasteiger charge is -2.10. The maximum Gasteiger partial charge on any atom is 0.238 e. The van der Waals surface area contributed by atoms with Gasteiger partial charge in [-0.2, -0.15) is 0 Å². The van der Waals surface area contributed by atoms with Crippen LogP contribution >= 0.6 is 12.4 Å². The highest BCUT2D eigenvalue weighted by atomic mass is 35.5. The molecule has 1 aromatic carbocycles. The van der Waals surface area contributed by atoms with Crippen molar-refractivity contribution in [3.05, 3.63) is 23.8 Å². The highest BCUT2D eigenvalue weighted by Gasteiger charge is 2.16. The van der Waals surface area contributed by atoms with E-state index in [1.165, 1.54) is 6.07 Å². The van der Waals surface area contributed by atoms with Gasteiger partial charge < -0.3 is 10.6 Å². The van der Waals surface area contributed by atoms with Crippen LogP contribution in [0.25, 0.3) is 0 Å². The van der Waals surface area contributed by atoms with Crippen LogP contribution in [0, 0.1) is 12.8 Å². The van der Waals surface area contributed by atoms with Crippen molar-refractivity contribution in [3.63, 3.8) is 0 Å². The van der Waals surface area contributed by atoms with Gasteiger partial charge in [0.05, 0.1) is 4.90 Å². The number of aryl methyl sites for hydroxylation is 1. The minimum atomic E-state index is -3.78. The van der Waals surface area contributed by atoms with E-state index in [-0.39, 0.29) is 23.2 Å². The number of nitrogens with one attached hydrogen (secondary N) is 2. The van der Waals surface area contributed by atoms with E-state index in [1.807, 2.05) is 0 Å². The molecule has 0 saturated carbocycles. The van der Waals surface area contributed by atoms with Crippen LogP contribution in [-0.4, -0.2) is 27.4 Å². The van der Waals surface area contributed by atoms with Gasteiger partial charge in [-0.15, -0.1) is 12.4 Å². The number of carbonyl (C=O) groups is 1. The van der Waals surface area contributed by atoms with Crippen molar-refractivity contribution in [3.8, 4) is 0 Å². The lowest BCUT2D eigenvalue weighted by Crippen LogP contribution is -2.17. The smallest absolute Gasteiger partial charge is 0.238 e. The molecule has 1 heterocycles. The molecule has 2 rings (SSSR count). The molecular formula is C14H22ClN3O3S. The standard InChI is InChI=1S/C14H21N3O3S.ClH/c1-10-2-4-12(8-13(10)21(15,19)20)17-14(18)5-3-11-6-7-16-9-11;/h2,4,8,11,16H,3,5-7,9H2,1H3,(H,17,18)(H2,15,19,20);1H. The largest absolute Gasteiger partial charge is 0.326 e. The van der Waals surface area contributed by atoms with Crippen molar-refractivity contribution < 1.29 is 13.2 Å². The van der Waals surface area contributed by atoms with Crippen LogP contribution < -0.4 is 15.8 Å². The Hall–Kier alpha value is -1.15. The maximum atomic E-state index is 11.9. The molecule has 4 N–H and O–H groups in total. The first kappa shape index (κ1) is 18.9. The average Bonchev–Trinajstić information content (AvgIpc) is 2.90. The van der Waals surface area contributed by atoms with Crippen LogP contribution in [0.5, 0.6) is 0 Å². The lowest BCUT2D eigenvalue weighted by molar-refractivity contribution is -0.116. The van der Waals surface area contributed by atoms with E-state index >= 15 is 0 Å². The van der Waals surface area contributed by atoms with Crippen LogP contribution in [0.15, 0.2) is 23.1 Å². The fraction of sp³-hybridized carbons (Fsp3) is 0.500. The molecule has 0 aromatic heterocycles. The Bertz CT molecular complexity index is 628. The van der Waals surface area contributed by atoms with Gasteiger partial charge in [0.25, 0.3) is 0 Å². The van der Waals surface area contributed by atoms with E-state index in [4.69, 9.17) is 5.14 Å². The summed E-state index contributed by atoms with van der Waals surface area (Å²) < 4.78 is 22.9. The molecule has 1 fully saturated rings. The predicted molar refractivity (Wildman–Crippen MR) is 88.6 cm³/mol. The zero-order valence-electron chi connectivity index (χ0n) is 12.5. The Kier molecular flexibility index (Phi) is 6.80. The summed E-state index contributed by atoms with van der Waals surface area (Å²) in [5.74, 6) is 0.444. The van der Waals surface area contributed by atoms with E-state index in [0.29, 0.717) is 23.6 Å². The molecule has 0 spiro atoms. The minimum Gasteiger partial charge on any atom is -0.326 e. The molecular weight excluding hydrogens is 326 g/mol. The molecule has 0 bridgehead atoms. The highest BCUT2D eigenvalue weighted by molar-refractivity contribution is 7.89. The number of benzene rings is 1. The molecule has 0 radical (unpaired) electrons. The highest BCUT2D eigenvalue weighted by Crippen LogP contribution is 2.20. The quantitative estimate of drug-likeness (QED) is 0.749. The number of halogens is 1. The van der Waals surface area contributed by atoms with Gasteiger partial charge in [0.2, 0.25) is 15.9 Å². The third kappa shape index (κ3) is 5.24. The summed E-state index contributed by atoms with van der Waals surface area (Å²) >= 11 is 0. The summed E-state index contributed by atoms with van der Waals surface area (Å²) in [6.07, 6.45) is 2.38. The van der Waals surface area contributed by atoms with Crippen LogP contribution in [0.3, 0.4) is 0 Å². The van der Waals surface area contributed by atoms with Gasteiger partial charge in [-0.25, -0.2) is 13.6 Å². The number of primary sulfonamides is 1. The first-order valence-electron chi connectivity index (χ1n) is 7.00. The molecule has 1 saturated heterocycles. The number of amides is 1. The van der Waals surface area contributed by atoms with E-state index < -0.39 is 10.0 Å². The first-order valence-corrected chi connectivity index (χ1v) is 8.55. The SMILES string of the molecule is Cc1ccc(NC(=O)CCC2CCNC2)cc1S(N)(=O)=O.Cl. The molecule has 124 valence electrons. The second-order valence-electron chi connectivity index (χ2n) is 5.47. The number of hydrogen-bond acceptors (Lipinski definition) is 4. The normalized spacial score (nSPS) is 17.8. The average molecular weight is 348 g/mol. The third-order valence-corrected chi connectivity index (χ3v) is 4.77. The minimum absolute atomic E-state index is 0. The summed E-state index contributed by atoms with van der Waals surface area (Å²) in [6.45, 7) is 3.65. The van der Waals surface area contributed by atoms with Crippen molar-refractivity contribution in [1.82, 2.24) is 5.32 Å². The van der Waals surface area contributed by atoms with Crippen LogP contribution in [0.1, 0.15) is 24.8 Å². The summed E-state index contributed by atoms with van der Waals surface area (Å²) in [7, 11) is -3.78. The number of sulfonamides is 1. The van der Waals surface area contributed by atoms with E-state index in [9.17, 15) is 13.2 Å². The predicted octanol–water partition coefficient (Wildman–Crippen LogP) is 1.39. The fourth-order valence-electron chi connectivity index (χ4n) is 2.50. The third-order valence-electron chi connectivity index (χ3n) is 3.72. The fourth-order valence-corrected chi connectivity index (χ4v) is 3.31. The van der Waals surface area contributed by atoms with E-state index in [2.05, 4.69) is 10.6 Å². The molecule has 1 unspecified atom stereocenters. The molecule has 0 aliphatic carbocycles. The van der Waals surface area contributed by atoms with Gasteiger partial charge in [0.15, 0.2) is 0 Å². The molecule has 1 aliphatic rings. The molecule has 22 heavy (non-hydrogen) atoms. The molecule has 8 heteroatoms. The second-order valence-corrected chi connectivity index (χ2v) is 7.00. The Morgan fingerprint density at radius 3 is 2.77 bits per heavy atom. The number of nitrogens with two attached hydrogens (primary N) is 1. The van der Waals surface area contributed by atoms with Gasteiger partial charge in [-0.05, 0) is 56.5 Å². The number of carbonyl (C=O) groups excluding carboxylic acids is 1. The first-order chi connectivity index (χ1) is 9.86. The summed E-state index contributed by atoms with van der Waals surface area (Å²) in [6, 6.07) is 4.72. The molecule has 1 aromatic rings. The monoisotopic (exact) mass is 347 g/mol. The molecule has 1 aliphatic heterocycles. The number of hydrogen-bond donors (Lipinski definition) is 3. The van der Waals surface area contributed by atoms with Crippen LogP contribution in [-0.2, 0) is 14.8 Å². The Morgan fingerprint density at radius 2 is 2.18 bits per heavy atom. The molecule has 6 nitrogen and oxygen atoms in total. The number of rotatable bonds is 5. The summed E-state index contributed by atoms with van der Waals surface area (Å²) in [5.41, 5.74) is 1.02. The second kappa shape index (κ2) is 7.92. The summed E-state index contributed by atoms with van der Waals surface area (Å²) in [5, 5.41) is 11.1. The number of anilines is 1. The van der Waals surface area contributed by atoms with Crippen molar-refractivity contribution in [2.75, 3.05) is 18.4 Å². The van der Waals surface area contributed by atoms with Crippen molar-refractivity contribution >= 4 is 34.0 Å². The van der Waals surface area contributed by atoms with Crippen molar-refractivity contribution in [2.24, 2.45) is 11.1 Å². The zero-order chi connectivity index (χ0) is 15.5. The van der Waals surface area contributed by atoms with Gasteiger partial charge in [-0.3, -0.25) is 4.79 Å². The van der Waals surface area contributed by atoms with Gasteiger partial charge in [0.1, 0.15) is 0 Å². The van der Waals surface area contributed by atoms with Crippen molar-refractivity contribution in [2.45, 2.75) is 31.1 Å². The zero-order valence-corrected chi connectivity index (χ0v) is 14.1. The van der Waals surface area contributed by atoms with Crippen LogP contribution in [0.2, 0.25) is 0 Å². The van der Waals surface area contributed by atoms with Crippen molar-refractivity contribution in [1.29, 1.82) is 0 Å². The Morgan fingerprint density at radius 1 is 1.45 bits per heavy atom. The molecule has 1 amide bonds. The van der Waals surface area contributed by atoms with E-state index in [1.54, 1.807) is 19.1 Å². The summed E-state index contributed by atoms with van der Waals surface area (Å²) in [4.78, 5) is 11.9. The Labute approximate surface area is 137 Å². The van der Waals surface area contributed by atoms with Crippen LogP contribution in [0.4, 0.5) is 5.69 Å². The van der Waals surface area contributed by atoms with Gasteiger partial charge in [0, 0.05) is 12.1 Å². The van der Waals surface area contributed by atoms with Gasteiger partial charge in [-0.1, -0.05) is 6.07 Å². The lowest BCUT2D eigenvalue weighted by atomic mass is 10.0.